The molecule has 1 aromatic rings. The summed E-state index contributed by atoms with van der Waals surface area (Å²) in [7, 11) is 0. The number of anilines is 2. The number of hydrogen-bond acceptors (Lipinski definition) is 2. The summed E-state index contributed by atoms with van der Waals surface area (Å²) in [5.74, 6) is 0. The monoisotopic (exact) mass is 186 g/mol. The maximum Gasteiger partial charge on any atom is 0.0459 e. The number of nitrogens with zero attached hydrogens (tertiary/aromatic N) is 1. The SMILES string of the molecule is Cc1ccc(N)cc1N1C=CC=CC1. The molecule has 0 aromatic heterocycles. The van der Waals surface area contributed by atoms with Crippen LogP contribution in [0.15, 0.2) is 42.6 Å². The molecule has 0 aliphatic carbocycles. The van der Waals surface area contributed by atoms with E-state index in [2.05, 4.69) is 36.2 Å². The Hall–Kier alpha value is -1.70. The zero-order chi connectivity index (χ0) is 9.97. The Morgan fingerprint density at radius 3 is 2.86 bits per heavy atom. The predicted octanol–water partition coefficient (Wildman–Crippen LogP) is 2.47. The summed E-state index contributed by atoms with van der Waals surface area (Å²) < 4.78 is 0. The first-order chi connectivity index (χ1) is 6.77. The number of nitrogens with two attached hydrogens (primary N) is 1. The molecule has 2 nitrogen and oxygen atoms in total. The van der Waals surface area contributed by atoms with Crippen molar-refractivity contribution in [1.82, 2.24) is 0 Å². The molecule has 1 aliphatic rings. The molecule has 0 radical (unpaired) electrons. The first-order valence-corrected chi connectivity index (χ1v) is 4.73. The van der Waals surface area contributed by atoms with Crippen LogP contribution < -0.4 is 10.6 Å². The van der Waals surface area contributed by atoms with Crippen molar-refractivity contribution in [2.75, 3.05) is 17.2 Å². The number of allylic oxidation sites excluding steroid dienone is 2. The summed E-state index contributed by atoms with van der Waals surface area (Å²) in [6.45, 7) is 3.02. The van der Waals surface area contributed by atoms with Crippen LogP contribution in [-0.2, 0) is 0 Å². The zero-order valence-corrected chi connectivity index (χ0v) is 8.27. The molecule has 1 heterocycles. The van der Waals surface area contributed by atoms with E-state index in [0.717, 1.165) is 12.2 Å². The van der Waals surface area contributed by atoms with Crippen molar-refractivity contribution in [3.8, 4) is 0 Å². The van der Waals surface area contributed by atoms with E-state index in [0.29, 0.717) is 0 Å². The molecule has 0 bridgehead atoms. The van der Waals surface area contributed by atoms with E-state index in [1.807, 2.05) is 18.2 Å². The van der Waals surface area contributed by atoms with Crippen LogP contribution in [0, 0.1) is 6.92 Å². The minimum absolute atomic E-state index is 0.813. The molecule has 0 unspecified atom stereocenters. The minimum atomic E-state index is 0.813. The topological polar surface area (TPSA) is 29.3 Å². The second-order valence-electron chi connectivity index (χ2n) is 3.47. The van der Waals surface area contributed by atoms with Crippen LogP contribution in [0.2, 0.25) is 0 Å². The first-order valence-electron chi connectivity index (χ1n) is 4.73. The normalized spacial score (nSPS) is 14.8. The third-order valence-corrected chi connectivity index (χ3v) is 2.36. The van der Waals surface area contributed by atoms with Gasteiger partial charge in [0.2, 0.25) is 0 Å². The standard InChI is InChI=1S/C12H14N2/c1-10-5-6-11(13)9-12(10)14-7-3-2-4-8-14/h2-7,9H,8,13H2,1H3. The molecule has 0 amide bonds. The van der Waals surface area contributed by atoms with Gasteiger partial charge in [-0.15, -0.1) is 0 Å². The van der Waals surface area contributed by atoms with E-state index in [-0.39, 0.29) is 0 Å². The van der Waals surface area contributed by atoms with Crippen LogP contribution in [-0.4, -0.2) is 6.54 Å². The van der Waals surface area contributed by atoms with Gasteiger partial charge in [0, 0.05) is 24.1 Å². The third-order valence-electron chi connectivity index (χ3n) is 2.36. The van der Waals surface area contributed by atoms with E-state index in [4.69, 9.17) is 5.73 Å². The van der Waals surface area contributed by atoms with E-state index in [1.165, 1.54) is 11.3 Å². The van der Waals surface area contributed by atoms with Crippen LogP contribution in [0.5, 0.6) is 0 Å². The summed E-state index contributed by atoms with van der Waals surface area (Å²) in [4.78, 5) is 2.19. The Kier molecular flexibility index (Phi) is 2.27. The van der Waals surface area contributed by atoms with Crippen molar-refractivity contribution in [1.29, 1.82) is 0 Å². The van der Waals surface area contributed by atoms with E-state index in [1.54, 1.807) is 0 Å². The van der Waals surface area contributed by atoms with Crippen LogP contribution in [0.4, 0.5) is 11.4 Å². The molecule has 72 valence electrons. The minimum Gasteiger partial charge on any atom is -0.399 e. The smallest absolute Gasteiger partial charge is 0.0459 e. The molecule has 2 rings (SSSR count). The Balaban J connectivity index is 2.35. The summed E-state index contributed by atoms with van der Waals surface area (Å²) >= 11 is 0. The molecule has 0 fully saturated rings. The third kappa shape index (κ3) is 1.64. The molecular formula is C12H14N2. The molecule has 1 aliphatic heterocycles. The van der Waals surface area contributed by atoms with Crippen LogP contribution >= 0.6 is 0 Å². The highest BCUT2D eigenvalue weighted by Gasteiger charge is 2.06. The highest BCUT2D eigenvalue weighted by Crippen LogP contribution is 2.23. The van der Waals surface area contributed by atoms with Crippen molar-refractivity contribution >= 4 is 11.4 Å². The predicted molar refractivity (Wildman–Crippen MR) is 61.2 cm³/mol. The molecule has 0 spiro atoms. The second-order valence-corrected chi connectivity index (χ2v) is 3.47. The summed E-state index contributed by atoms with van der Waals surface area (Å²) in [6.07, 6.45) is 8.29. The molecule has 1 aromatic carbocycles. The average molecular weight is 186 g/mol. The molecular weight excluding hydrogens is 172 g/mol. The lowest BCUT2D eigenvalue weighted by Crippen LogP contribution is -2.18. The van der Waals surface area contributed by atoms with Gasteiger partial charge in [0.05, 0.1) is 0 Å². The Labute approximate surface area is 84.3 Å². The lowest BCUT2D eigenvalue weighted by molar-refractivity contribution is 1.06. The van der Waals surface area contributed by atoms with Gasteiger partial charge in [-0.25, -0.2) is 0 Å². The maximum atomic E-state index is 5.77. The average Bonchev–Trinajstić information content (AvgIpc) is 2.23. The van der Waals surface area contributed by atoms with Gasteiger partial charge in [-0.2, -0.15) is 0 Å². The van der Waals surface area contributed by atoms with Gasteiger partial charge in [-0.05, 0) is 30.7 Å². The van der Waals surface area contributed by atoms with Crippen LogP contribution in [0.25, 0.3) is 0 Å². The Morgan fingerprint density at radius 1 is 1.29 bits per heavy atom. The van der Waals surface area contributed by atoms with Gasteiger partial charge in [0.25, 0.3) is 0 Å². The zero-order valence-electron chi connectivity index (χ0n) is 8.27. The molecule has 2 N–H and O–H groups in total. The van der Waals surface area contributed by atoms with Gasteiger partial charge >= 0.3 is 0 Å². The van der Waals surface area contributed by atoms with Gasteiger partial charge in [-0.1, -0.05) is 18.2 Å². The molecule has 0 saturated carbocycles. The van der Waals surface area contributed by atoms with Crippen molar-refractivity contribution in [3.05, 3.63) is 48.2 Å². The van der Waals surface area contributed by atoms with E-state index in [9.17, 15) is 0 Å². The highest BCUT2D eigenvalue weighted by molar-refractivity contribution is 5.63. The number of rotatable bonds is 1. The Bertz CT molecular complexity index is 391. The fourth-order valence-corrected chi connectivity index (χ4v) is 1.58. The lowest BCUT2D eigenvalue weighted by atomic mass is 10.1. The second kappa shape index (κ2) is 3.58. The quantitative estimate of drug-likeness (QED) is 0.683. The lowest BCUT2D eigenvalue weighted by Gasteiger charge is -2.22. The Morgan fingerprint density at radius 2 is 2.14 bits per heavy atom. The van der Waals surface area contributed by atoms with E-state index < -0.39 is 0 Å². The van der Waals surface area contributed by atoms with Gasteiger partial charge < -0.3 is 10.6 Å². The fourth-order valence-electron chi connectivity index (χ4n) is 1.58. The number of aryl methyl sites for hydroxylation is 1. The summed E-state index contributed by atoms with van der Waals surface area (Å²) in [5.41, 5.74) is 9.01. The number of hydrogen-bond donors (Lipinski definition) is 1. The summed E-state index contributed by atoms with van der Waals surface area (Å²) in [6, 6.07) is 6.00. The van der Waals surface area contributed by atoms with E-state index >= 15 is 0 Å². The molecule has 2 heteroatoms. The van der Waals surface area contributed by atoms with Crippen LogP contribution in [0.1, 0.15) is 5.56 Å². The summed E-state index contributed by atoms with van der Waals surface area (Å²) in [5, 5.41) is 0. The fraction of sp³-hybridized carbons (Fsp3) is 0.167. The molecule has 14 heavy (non-hydrogen) atoms. The highest BCUT2D eigenvalue weighted by atomic mass is 15.1. The number of benzene rings is 1. The molecule has 0 saturated heterocycles. The van der Waals surface area contributed by atoms with Crippen molar-refractivity contribution in [3.63, 3.8) is 0 Å². The van der Waals surface area contributed by atoms with Crippen molar-refractivity contribution < 1.29 is 0 Å². The van der Waals surface area contributed by atoms with Crippen molar-refractivity contribution in [2.45, 2.75) is 6.92 Å². The van der Waals surface area contributed by atoms with Gasteiger partial charge in [0.15, 0.2) is 0 Å². The maximum absolute atomic E-state index is 5.77. The van der Waals surface area contributed by atoms with Gasteiger partial charge in [-0.3, -0.25) is 0 Å². The molecule has 0 atom stereocenters. The number of nitrogen functional groups attached to an aromatic ring is 1. The van der Waals surface area contributed by atoms with Crippen LogP contribution in [0.3, 0.4) is 0 Å². The van der Waals surface area contributed by atoms with Gasteiger partial charge in [0.1, 0.15) is 0 Å². The first kappa shape index (κ1) is 8.88. The largest absolute Gasteiger partial charge is 0.399 e. The van der Waals surface area contributed by atoms with Crippen molar-refractivity contribution in [2.24, 2.45) is 0 Å².